The van der Waals surface area contributed by atoms with Crippen molar-refractivity contribution in [2.45, 2.75) is 36.3 Å². The first-order valence-corrected chi connectivity index (χ1v) is 10.5. The first-order valence-electron chi connectivity index (χ1n) is 9.64. The predicted octanol–water partition coefficient (Wildman–Crippen LogP) is 6.12. The minimum absolute atomic E-state index is 0.0721. The van der Waals surface area contributed by atoms with Gasteiger partial charge in [0, 0.05) is 10.4 Å². The molecule has 28 heavy (non-hydrogen) atoms. The van der Waals surface area contributed by atoms with Crippen LogP contribution in [0.5, 0.6) is 0 Å². The van der Waals surface area contributed by atoms with E-state index in [4.69, 9.17) is 4.98 Å². The maximum absolute atomic E-state index is 4.72. The number of aromatic nitrogens is 2. The van der Waals surface area contributed by atoms with E-state index >= 15 is 0 Å². The van der Waals surface area contributed by atoms with Gasteiger partial charge in [-0.25, -0.2) is 4.98 Å². The third-order valence-corrected chi connectivity index (χ3v) is 6.68. The van der Waals surface area contributed by atoms with Crippen LogP contribution >= 0.6 is 11.8 Å². The summed E-state index contributed by atoms with van der Waals surface area (Å²) in [6.45, 7) is 5.38. The van der Waals surface area contributed by atoms with Crippen molar-refractivity contribution in [3.8, 4) is 0 Å². The molecule has 1 aliphatic heterocycles. The molecular weight excluding hydrogens is 362 g/mol. The fraction of sp³-hybridized carbons (Fsp3) is 0.208. The van der Waals surface area contributed by atoms with Crippen molar-refractivity contribution >= 4 is 28.2 Å². The fourth-order valence-corrected chi connectivity index (χ4v) is 5.39. The molecule has 0 saturated carbocycles. The lowest BCUT2D eigenvalue weighted by Crippen LogP contribution is -2.27. The lowest BCUT2D eigenvalue weighted by Gasteiger charge is -2.28. The Hall–Kier alpha value is -2.72. The van der Waals surface area contributed by atoms with E-state index in [9.17, 15) is 0 Å². The molecule has 1 unspecified atom stereocenters. The van der Waals surface area contributed by atoms with Gasteiger partial charge in [-0.3, -0.25) is 0 Å². The van der Waals surface area contributed by atoms with Crippen molar-refractivity contribution < 1.29 is 0 Å². The van der Waals surface area contributed by atoms with Gasteiger partial charge in [0.2, 0.25) is 0 Å². The third kappa shape index (κ3) is 2.98. The van der Waals surface area contributed by atoms with E-state index in [2.05, 4.69) is 96.5 Å². The Morgan fingerprint density at radius 3 is 2.54 bits per heavy atom. The molecular formula is C24H23N3S. The molecule has 1 atom stereocenters. The van der Waals surface area contributed by atoms with Gasteiger partial charge in [-0.05, 0) is 42.3 Å². The van der Waals surface area contributed by atoms with E-state index in [0.29, 0.717) is 0 Å². The van der Waals surface area contributed by atoms with Crippen molar-refractivity contribution in [1.82, 2.24) is 9.55 Å². The molecule has 0 bridgehead atoms. The Kier molecular flexibility index (Phi) is 4.17. The summed E-state index contributed by atoms with van der Waals surface area (Å²) >= 11 is 1.86. The Labute approximate surface area is 169 Å². The van der Waals surface area contributed by atoms with Crippen LogP contribution in [-0.2, 0) is 6.54 Å². The molecule has 4 heteroatoms. The quantitative estimate of drug-likeness (QED) is 0.459. The van der Waals surface area contributed by atoms with E-state index in [1.807, 2.05) is 18.0 Å². The zero-order valence-corrected chi connectivity index (χ0v) is 16.9. The summed E-state index contributed by atoms with van der Waals surface area (Å²) in [5, 5.41) is 7.22. The van der Waals surface area contributed by atoms with Crippen molar-refractivity contribution in [2.75, 3.05) is 5.32 Å². The van der Waals surface area contributed by atoms with Gasteiger partial charge in [0.1, 0.15) is 0 Å². The standard InChI is InChI=1S/C24H23N3S/c1-24(2)22(18-9-4-3-5-10-18)27-21(16-26-23(27)28-24)15-25-20-13-12-17-8-6-7-11-19(17)14-20/h3-14,16,22,25H,15H2,1-2H3. The molecule has 0 fully saturated rings. The van der Waals surface area contributed by atoms with Gasteiger partial charge in [-0.15, -0.1) is 0 Å². The Bertz CT molecular complexity index is 1130. The molecule has 0 saturated heterocycles. The van der Waals surface area contributed by atoms with Crippen LogP contribution in [0.15, 0.2) is 84.1 Å². The van der Waals surface area contributed by atoms with Gasteiger partial charge in [0.05, 0.1) is 24.5 Å². The van der Waals surface area contributed by atoms with Gasteiger partial charge in [0.15, 0.2) is 5.16 Å². The zero-order chi connectivity index (χ0) is 19.1. The molecule has 0 amide bonds. The molecule has 0 spiro atoms. The highest BCUT2D eigenvalue weighted by Gasteiger charge is 2.42. The lowest BCUT2D eigenvalue weighted by atomic mass is 9.95. The number of anilines is 1. The van der Waals surface area contributed by atoms with E-state index < -0.39 is 0 Å². The lowest BCUT2D eigenvalue weighted by molar-refractivity contribution is 0.466. The molecule has 2 heterocycles. The summed E-state index contributed by atoms with van der Waals surface area (Å²) in [7, 11) is 0. The number of fused-ring (bicyclic) bond motifs is 2. The second kappa shape index (κ2) is 6.71. The molecule has 5 rings (SSSR count). The minimum atomic E-state index is 0.0721. The second-order valence-electron chi connectivity index (χ2n) is 7.84. The average Bonchev–Trinajstić information content (AvgIpc) is 3.20. The predicted molar refractivity (Wildman–Crippen MR) is 118 cm³/mol. The van der Waals surface area contributed by atoms with Crippen molar-refractivity contribution in [3.63, 3.8) is 0 Å². The number of rotatable bonds is 4. The van der Waals surface area contributed by atoms with Crippen LogP contribution in [0.4, 0.5) is 5.69 Å². The van der Waals surface area contributed by atoms with Crippen LogP contribution in [0.2, 0.25) is 0 Å². The number of imidazole rings is 1. The number of benzene rings is 3. The molecule has 0 radical (unpaired) electrons. The van der Waals surface area contributed by atoms with Gasteiger partial charge in [0.25, 0.3) is 0 Å². The molecule has 3 nitrogen and oxygen atoms in total. The van der Waals surface area contributed by atoms with Crippen LogP contribution in [0, 0.1) is 0 Å². The van der Waals surface area contributed by atoms with E-state index in [-0.39, 0.29) is 10.8 Å². The summed E-state index contributed by atoms with van der Waals surface area (Å²) in [6, 6.07) is 26.1. The van der Waals surface area contributed by atoms with Gasteiger partial charge >= 0.3 is 0 Å². The van der Waals surface area contributed by atoms with E-state index in [1.165, 1.54) is 22.0 Å². The van der Waals surface area contributed by atoms with E-state index in [0.717, 1.165) is 17.4 Å². The third-order valence-electron chi connectivity index (χ3n) is 5.45. The van der Waals surface area contributed by atoms with Crippen molar-refractivity contribution in [3.05, 3.63) is 90.3 Å². The Balaban J connectivity index is 1.45. The van der Waals surface area contributed by atoms with Crippen molar-refractivity contribution in [2.24, 2.45) is 0 Å². The largest absolute Gasteiger partial charge is 0.379 e. The van der Waals surface area contributed by atoms with Crippen LogP contribution in [0.3, 0.4) is 0 Å². The maximum atomic E-state index is 4.72. The fourth-order valence-electron chi connectivity index (χ4n) is 4.14. The molecule has 0 aliphatic carbocycles. The summed E-state index contributed by atoms with van der Waals surface area (Å²) in [4.78, 5) is 4.72. The van der Waals surface area contributed by atoms with Crippen molar-refractivity contribution in [1.29, 1.82) is 0 Å². The molecule has 140 valence electrons. The number of thioether (sulfide) groups is 1. The monoisotopic (exact) mass is 385 g/mol. The Morgan fingerprint density at radius 2 is 1.71 bits per heavy atom. The van der Waals surface area contributed by atoms with Crippen LogP contribution in [0.1, 0.15) is 31.1 Å². The molecule has 1 aliphatic rings. The van der Waals surface area contributed by atoms with Crippen LogP contribution in [0.25, 0.3) is 10.8 Å². The van der Waals surface area contributed by atoms with Gasteiger partial charge in [-0.2, -0.15) is 0 Å². The summed E-state index contributed by atoms with van der Waals surface area (Å²) in [5.41, 5.74) is 3.69. The maximum Gasteiger partial charge on any atom is 0.169 e. The summed E-state index contributed by atoms with van der Waals surface area (Å²) in [5.74, 6) is 0. The van der Waals surface area contributed by atoms with Gasteiger partial charge in [-0.1, -0.05) is 72.4 Å². The molecule has 4 aromatic rings. The molecule has 1 N–H and O–H groups in total. The zero-order valence-electron chi connectivity index (χ0n) is 16.1. The highest BCUT2D eigenvalue weighted by Crippen LogP contribution is 2.51. The SMILES string of the molecule is CC1(C)Sc2ncc(CNc3ccc4ccccc4c3)n2C1c1ccccc1. The Morgan fingerprint density at radius 1 is 0.964 bits per heavy atom. The number of hydrogen-bond acceptors (Lipinski definition) is 3. The first kappa shape index (κ1) is 17.4. The summed E-state index contributed by atoms with van der Waals surface area (Å²) < 4.78 is 2.48. The first-order chi connectivity index (χ1) is 13.6. The second-order valence-corrected chi connectivity index (χ2v) is 9.46. The average molecular weight is 386 g/mol. The number of hydrogen-bond donors (Lipinski definition) is 1. The number of nitrogens with one attached hydrogen (secondary N) is 1. The van der Waals surface area contributed by atoms with Crippen LogP contribution in [-0.4, -0.2) is 14.3 Å². The molecule has 1 aromatic heterocycles. The molecule has 3 aromatic carbocycles. The smallest absolute Gasteiger partial charge is 0.169 e. The minimum Gasteiger partial charge on any atom is -0.379 e. The van der Waals surface area contributed by atoms with Crippen LogP contribution < -0.4 is 5.32 Å². The normalized spacial score (nSPS) is 17.6. The number of nitrogens with zero attached hydrogens (tertiary/aromatic N) is 2. The topological polar surface area (TPSA) is 29.9 Å². The highest BCUT2D eigenvalue weighted by molar-refractivity contribution is 8.00. The van der Waals surface area contributed by atoms with E-state index in [1.54, 1.807) is 0 Å². The van der Waals surface area contributed by atoms with Gasteiger partial charge < -0.3 is 9.88 Å². The summed E-state index contributed by atoms with van der Waals surface area (Å²) in [6.07, 6.45) is 2.02. The highest BCUT2D eigenvalue weighted by atomic mass is 32.2.